The van der Waals surface area contributed by atoms with Crippen LogP contribution >= 0.6 is 15.9 Å². The Morgan fingerprint density at radius 2 is 1.95 bits per heavy atom. The number of likely N-dealkylation sites (N-methyl/N-ethyl adjacent to an activating group) is 1. The van der Waals surface area contributed by atoms with E-state index in [1.807, 2.05) is 38.2 Å². The van der Waals surface area contributed by atoms with Crippen LogP contribution in [0, 0.1) is 0 Å². The van der Waals surface area contributed by atoms with Gasteiger partial charge in [0.2, 0.25) is 0 Å². The molecule has 1 aliphatic rings. The Morgan fingerprint density at radius 1 is 1.33 bits per heavy atom. The summed E-state index contributed by atoms with van der Waals surface area (Å²) in [5, 5.41) is 5.80. The molecule has 0 radical (unpaired) electrons. The lowest BCUT2D eigenvalue weighted by atomic mass is 10.2. The van der Waals surface area contributed by atoms with E-state index in [0.717, 1.165) is 27.9 Å². The monoisotopic (exact) mass is 354 g/mol. The molecule has 0 heterocycles. The lowest BCUT2D eigenvalue weighted by molar-refractivity contribution is -0.885. The number of hydrogen-bond donors (Lipinski definition) is 3. The fourth-order valence-electron chi connectivity index (χ4n) is 1.92. The van der Waals surface area contributed by atoms with Gasteiger partial charge in [-0.05, 0) is 44.0 Å². The first-order chi connectivity index (χ1) is 9.95. The minimum absolute atomic E-state index is 0.0123. The third kappa shape index (κ3) is 5.13. The van der Waals surface area contributed by atoms with Gasteiger partial charge in [0.05, 0.1) is 7.05 Å². The summed E-state index contributed by atoms with van der Waals surface area (Å²) in [5.41, 5.74) is 0.755. The lowest BCUT2D eigenvalue weighted by Gasteiger charge is -2.20. The number of hydrogen-bond acceptors (Lipinski definition) is 2. The molecule has 0 aliphatic heterocycles. The summed E-state index contributed by atoms with van der Waals surface area (Å²) < 4.78 is 0.966. The van der Waals surface area contributed by atoms with Gasteiger partial charge in [-0.25, -0.2) is 0 Å². The van der Waals surface area contributed by atoms with E-state index in [9.17, 15) is 9.59 Å². The second-order valence-electron chi connectivity index (χ2n) is 5.58. The topological polar surface area (TPSA) is 62.6 Å². The number of quaternary nitrogens is 1. The Morgan fingerprint density at radius 3 is 2.52 bits per heavy atom. The van der Waals surface area contributed by atoms with Crippen LogP contribution in [-0.4, -0.2) is 37.5 Å². The van der Waals surface area contributed by atoms with E-state index in [-0.39, 0.29) is 17.9 Å². The van der Waals surface area contributed by atoms with E-state index in [1.54, 1.807) is 0 Å². The molecule has 1 aromatic rings. The highest BCUT2D eigenvalue weighted by Crippen LogP contribution is 2.18. The van der Waals surface area contributed by atoms with Crippen molar-refractivity contribution in [2.75, 3.05) is 18.9 Å². The van der Waals surface area contributed by atoms with E-state index in [1.165, 1.54) is 0 Å². The molecule has 5 nitrogen and oxygen atoms in total. The SMILES string of the molecule is C[C@@H](C(=O)Nc1ccc(Br)cc1)[NH+](C)CC(=O)NC1CC1. The van der Waals surface area contributed by atoms with Crippen molar-refractivity contribution in [1.82, 2.24) is 5.32 Å². The molecule has 1 aromatic carbocycles. The standard InChI is InChI=1S/C15H20BrN3O2/c1-10(19(2)9-14(20)17-12-7-8-12)15(21)18-13-5-3-11(16)4-6-13/h3-6,10,12H,7-9H2,1-2H3,(H,17,20)(H,18,21)/p+1/t10-/m0/s1. The maximum atomic E-state index is 12.2. The number of carbonyl (C=O) groups is 2. The first-order valence-electron chi connectivity index (χ1n) is 7.14. The number of nitrogens with one attached hydrogen (secondary N) is 3. The molecule has 1 fully saturated rings. The molecule has 2 atom stereocenters. The molecule has 114 valence electrons. The third-order valence-corrected chi connectivity index (χ3v) is 4.15. The zero-order valence-corrected chi connectivity index (χ0v) is 13.9. The van der Waals surface area contributed by atoms with Crippen LogP contribution < -0.4 is 15.5 Å². The molecule has 1 saturated carbocycles. The quantitative estimate of drug-likeness (QED) is 0.699. The van der Waals surface area contributed by atoms with Gasteiger partial charge >= 0.3 is 0 Å². The Hall–Kier alpha value is -1.40. The minimum atomic E-state index is -0.293. The van der Waals surface area contributed by atoms with Crippen LogP contribution in [-0.2, 0) is 9.59 Å². The summed E-state index contributed by atoms with van der Waals surface area (Å²) in [6.45, 7) is 2.14. The Kier molecular flexibility index (Phi) is 5.36. The predicted octanol–water partition coefficient (Wildman–Crippen LogP) is 0.569. The van der Waals surface area contributed by atoms with Crippen LogP contribution in [0.4, 0.5) is 5.69 Å². The van der Waals surface area contributed by atoms with Gasteiger partial charge in [0.15, 0.2) is 12.6 Å². The van der Waals surface area contributed by atoms with Crippen molar-refractivity contribution in [2.24, 2.45) is 0 Å². The summed E-state index contributed by atoms with van der Waals surface area (Å²) in [7, 11) is 1.86. The fourth-order valence-corrected chi connectivity index (χ4v) is 2.18. The Balaban J connectivity index is 1.82. The summed E-state index contributed by atoms with van der Waals surface area (Å²) in [6.07, 6.45) is 2.15. The molecule has 0 spiro atoms. The van der Waals surface area contributed by atoms with Crippen LogP contribution in [0.3, 0.4) is 0 Å². The van der Waals surface area contributed by atoms with E-state index in [2.05, 4.69) is 26.6 Å². The number of rotatable bonds is 6. The van der Waals surface area contributed by atoms with Crippen LogP contribution in [0.15, 0.2) is 28.7 Å². The smallest absolute Gasteiger partial charge is 0.282 e. The number of anilines is 1. The van der Waals surface area contributed by atoms with Gasteiger partial charge in [-0.2, -0.15) is 0 Å². The lowest BCUT2D eigenvalue weighted by Crippen LogP contribution is -3.15. The average molecular weight is 355 g/mol. The normalized spacial score (nSPS) is 16.9. The van der Waals surface area contributed by atoms with Crippen molar-refractivity contribution in [3.8, 4) is 0 Å². The first kappa shape index (κ1) is 16.0. The van der Waals surface area contributed by atoms with Gasteiger partial charge in [0.1, 0.15) is 0 Å². The molecule has 0 saturated heterocycles. The number of halogens is 1. The van der Waals surface area contributed by atoms with Gasteiger partial charge in [-0.1, -0.05) is 15.9 Å². The molecule has 6 heteroatoms. The summed E-state index contributed by atoms with van der Waals surface area (Å²) in [6, 6.07) is 7.49. The minimum Gasteiger partial charge on any atom is -0.348 e. The molecule has 1 unspecified atom stereocenters. The predicted molar refractivity (Wildman–Crippen MR) is 85.2 cm³/mol. The van der Waals surface area contributed by atoms with Crippen LogP contribution in [0.25, 0.3) is 0 Å². The van der Waals surface area contributed by atoms with Gasteiger partial charge in [-0.15, -0.1) is 0 Å². The summed E-state index contributed by atoms with van der Waals surface area (Å²) in [5.74, 6) is -0.0765. The number of benzene rings is 1. The van der Waals surface area contributed by atoms with Crippen molar-refractivity contribution < 1.29 is 14.5 Å². The average Bonchev–Trinajstić information content (AvgIpc) is 3.24. The molecular weight excluding hydrogens is 334 g/mol. The van der Waals surface area contributed by atoms with Crippen molar-refractivity contribution in [2.45, 2.75) is 31.8 Å². The highest BCUT2D eigenvalue weighted by atomic mass is 79.9. The Bertz CT molecular complexity index is 514. The Labute approximate surface area is 133 Å². The van der Waals surface area contributed by atoms with Crippen molar-refractivity contribution >= 4 is 33.4 Å². The van der Waals surface area contributed by atoms with E-state index >= 15 is 0 Å². The summed E-state index contributed by atoms with van der Waals surface area (Å²) >= 11 is 3.35. The van der Waals surface area contributed by atoms with Crippen molar-refractivity contribution in [3.63, 3.8) is 0 Å². The van der Waals surface area contributed by atoms with Crippen LogP contribution in [0.5, 0.6) is 0 Å². The summed E-state index contributed by atoms with van der Waals surface area (Å²) in [4.78, 5) is 24.8. The molecule has 2 rings (SSSR count). The maximum absolute atomic E-state index is 12.2. The number of amides is 2. The van der Waals surface area contributed by atoms with Gasteiger partial charge in [-0.3, -0.25) is 9.59 Å². The molecule has 2 amide bonds. The molecule has 1 aliphatic carbocycles. The van der Waals surface area contributed by atoms with Gasteiger partial charge in [0.25, 0.3) is 11.8 Å². The second kappa shape index (κ2) is 7.04. The highest BCUT2D eigenvalue weighted by Gasteiger charge is 2.27. The van der Waals surface area contributed by atoms with E-state index in [4.69, 9.17) is 0 Å². The van der Waals surface area contributed by atoms with E-state index < -0.39 is 0 Å². The number of carbonyl (C=O) groups excluding carboxylic acids is 2. The maximum Gasteiger partial charge on any atom is 0.282 e. The molecule has 3 N–H and O–H groups in total. The van der Waals surface area contributed by atoms with Gasteiger partial charge in [0, 0.05) is 16.2 Å². The fraction of sp³-hybridized carbons (Fsp3) is 0.467. The largest absolute Gasteiger partial charge is 0.348 e. The highest BCUT2D eigenvalue weighted by molar-refractivity contribution is 9.10. The molecular formula is C15H21BrN3O2+. The first-order valence-corrected chi connectivity index (χ1v) is 7.93. The third-order valence-electron chi connectivity index (χ3n) is 3.63. The second-order valence-corrected chi connectivity index (χ2v) is 6.50. The van der Waals surface area contributed by atoms with Crippen molar-refractivity contribution in [3.05, 3.63) is 28.7 Å². The van der Waals surface area contributed by atoms with Crippen LogP contribution in [0.1, 0.15) is 19.8 Å². The molecule has 21 heavy (non-hydrogen) atoms. The van der Waals surface area contributed by atoms with Crippen molar-refractivity contribution in [1.29, 1.82) is 0 Å². The van der Waals surface area contributed by atoms with Crippen LogP contribution in [0.2, 0.25) is 0 Å². The molecule has 0 bridgehead atoms. The zero-order valence-electron chi connectivity index (χ0n) is 12.3. The molecule has 0 aromatic heterocycles. The van der Waals surface area contributed by atoms with E-state index in [0.29, 0.717) is 12.6 Å². The zero-order chi connectivity index (χ0) is 15.4. The van der Waals surface area contributed by atoms with Gasteiger partial charge < -0.3 is 15.5 Å².